The highest BCUT2D eigenvalue weighted by atomic mass is 16.5. The van der Waals surface area contributed by atoms with Gasteiger partial charge in [-0.1, -0.05) is 75.7 Å². The number of likely N-dealkylation sites (N-methyl/N-ethyl adjacent to an activating group) is 1. The van der Waals surface area contributed by atoms with Crippen LogP contribution < -0.4 is 20.6 Å². The second-order valence-corrected chi connectivity index (χ2v) is 12.5. The SMILES string of the molecule is C=CNc1c(C(C)=N)n(-c2ccc(OCc3ccccc3)c(C)c2)c(=O)n1-c1cccc(N(C)C)c1.CCCC.CN(C/C=C/C=O)C1CC1. The monoisotopic (exact) mass is 678 g/mol. The number of carbonyl (C=O) groups is 1. The summed E-state index contributed by atoms with van der Waals surface area (Å²) in [5.41, 5.74) is 4.71. The van der Waals surface area contributed by atoms with E-state index in [9.17, 15) is 9.59 Å². The fourth-order valence-electron chi connectivity index (χ4n) is 5.08. The molecule has 3 aromatic carbocycles. The Morgan fingerprint density at radius 3 is 2.22 bits per heavy atom. The number of rotatable bonds is 14. The van der Waals surface area contributed by atoms with Gasteiger partial charge in [-0.3, -0.25) is 14.3 Å². The van der Waals surface area contributed by atoms with E-state index in [0.717, 1.165) is 41.4 Å². The number of nitrogens with one attached hydrogen (secondary N) is 2. The van der Waals surface area contributed by atoms with Gasteiger partial charge in [0.05, 0.1) is 17.1 Å². The lowest BCUT2D eigenvalue weighted by Gasteiger charge is -2.15. The second-order valence-electron chi connectivity index (χ2n) is 12.5. The molecule has 0 saturated heterocycles. The first-order valence-corrected chi connectivity index (χ1v) is 17.2. The average Bonchev–Trinajstić information content (AvgIpc) is 3.93. The molecule has 50 heavy (non-hydrogen) atoms. The van der Waals surface area contributed by atoms with E-state index in [-0.39, 0.29) is 11.4 Å². The topological polar surface area (TPSA) is 95.6 Å². The van der Waals surface area contributed by atoms with Crippen molar-refractivity contribution in [3.05, 3.63) is 125 Å². The molecule has 1 aliphatic rings. The van der Waals surface area contributed by atoms with Gasteiger partial charge >= 0.3 is 5.69 Å². The molecule has 4 aromatic rings. The summed E-state index contributed by atoms with van der Waals surface area (Å²) in [6, 6.07) is 24.1. The largest absolute Gasteiger partial charge is 0.489 e. The number of ether oxygens (including phenoxy) is 1. The van der Waals surface area contributed by atoms with Gasteiger partial charge in [0.1, 0.15) is 30.2 Å². The van der Waals surface area contributed by atoms with Crippen LogP contribution in [0.3, 0.4) is 0 Å². The number of aldehydes is 1. The summed E-state index contributed by atoms with van der Waals surface area (Å²) in [4.78, 5) is 28.0. The minimum Gasteiger partial charge on any atom is -0.489 e. The maximum Gasteiger partial charge on any atom is 0.339 e. The predicted octanol–water partition coefficient (Wildman–Crippen LogP) is 8.17. The van der Waals surface area contributed by atoms with E-state index in [2.05, 4.69) is 37.7 Å². The van der Waals surface area contributed by atoms with Crippen molar-refractivity contribution in [1.82, 2.24) is 14.0 Å². The fourth-order valence-corrected chi connectivity index (χ4v) is 5.08. The number of carbonyl (C=O) groups excluding carboxylic acids is 1. The molecule has 9 heteroatoms. The molecule has 1 saturated carbocycles. The van der Waals surface area contributed by atoms with Crippen LogP contribution in [-0.4, -0.2) is 59.8 Å². The van der Waals surface area contributed by atoms with E-state index in [1.54, 1.807) is 22.1 Å². The molecule has 1 fully saturated rings. The Kier molecular flexibility index (Phi) is 15.5. The molecule has 0 aliphatic heterocycles. The minimum absolute atomic E-state index is 0.251. The van der Waals surface area contributed by atoms with E-state index in [1.807, 2.05) is 105 Å². The summed E-state index contributed by atoms with van der Waals surface area (Å²) in [7, 11) is 5.99. The third-order valence-electron chi connectivity index (χ3n) is 8.18. The van der Waals surface area contributed by atoms with Crippen LogP contribution in [0.2, 0.25) is 0 Å². The smallest absolute Gasteiger partial charge is 0.339 e. The number of benzene rings is 3. The van der Waals surface area contributed by atoms with Crippen molar-refractivity contribution in [2.75, 3.05) is 37.9 Å². The van der Waals surface area contributed by atoms with Gasteiger partial charge in [-0.25, -0.2) is 9.36 Å². The lowest BCUT2D eigenvalue weighted by Crippen LogP contribution is -2.24. The molecule has 0 unspecified atom stereocenters. The molecular weight excluding hydrogens is 624 g/mol. The number of anilines is 2. The molecule has 9 nitrogen and oxygen atoms in total. The highest BCUT2D eigenvalue weighted by Crippen LogP contribution is 2.28. The Morgan fingerprint density at radius 2 is 1.66 bits per heavy atom. The van der Waals surface area contributed by atoms with Gasteiger partial charge in [0.15, 0.2) is 0 Å². The fraction of sp³-hybridized carbons (Fsp3) is 0.341. The Labute approximate surface area is 298 Å². The zero-order valence-electron chi connectivity index (χ0n) is 30.8. The van der Waals surface area contributed by atoms with Gasteiger partial charge in [-0.15, -0.1) is 0 Å². The molecule has 1 heterocycles. The van der Waals surface area contributed by atoms with Gasteiger partial charge < -0.3 is 20.4 Å². The van der Waals surface area contributed by atoms with Gasteiger partial charge in [0.2, 0.25) is 0 Å². The first-order valence-electron chi connectivity index (χ1n) is 17.2. The molecule has 0 atom stereocenters. The van der Waals surface area contributed by atoms with Crippen LogP contribution in [-0.2, 0) is 11.4 Å². The van der Waals surface area contributed by atoms with Crippen LogP contribution in [0, 0.1) is 12.3 Å². The Balaban J connectivity index is 0.000000403. The quantitative estimate of drug-likeness (QED) is 0.0794. The van der Waals surface area contributed by atoms with Crippen LogP contribution in [0.1, 0.15) is 63.3 Å². The normalized spacial score (nSPS) is 12.0. The zero-order chi connectivity index (χ0) is 36.6. The summed E-state index contributed by atoms with van der Waals surface area (Å²) in [5.74, 6) is 1.23. The van der Waals surface area contributed by atoms with Crippen molar-refractivity contribution >= 4 is 23.5 Å². The molecule has 1 aliphatic carbocycles. The van der Waals surface area contributed by atoms with Crippen LogP contribution in [0.5, 0.6) is 5.75 Å². The molecule has 0 radical (unpaired) electrons. The molecule has 2 N–H and O–H groups in total. The summed E-state index contributed by atoms with van der Waals surface area (Å²) in [5, 5.41) is 11.6. The van der Waals surface area contributed by atoms with Crippen LogP contribution >= 0.6 is 0 Å². The van der Waals surface area contributed by atoms with Gasteiger partial charge in [0, 0.05) is 32.4 Å². The highest BCUT2D eigenvalue weighted by Gasteiger charge is 2.25. The van der Waals surface area contributed by atoms with Crippen molar-refractivity contribution in [2.24, 2.45) is 0 Å². The molecule has 0 spiro atoms. The summed E-state index contributed by atoms with van der Waals surface area (Å²) >= 11 is 0. The number of aryl methyl sites for hydroxylation is 1. The van der Waals surface area contributed by atoms with Gasteiger partial charge in [0.25, 0.3) is 0 Å². The van der Waals surface area contributed by atoms with E-state index in [1.165, 1.54) is 31.9 Å². The number of nitrogens with zero attached hydrogens (tertiary/aromatic N) is 4. The summed E-state index contributed by atoms with van der Waals surface area (Å²) in [6.45, 7) is 13.1. The van der Waals surface area contributed by atoms with Gasteiger partial charge in [-0.05, 0) is 93.5 Å². The molecule has 266 valence electrons. The summed E-state index contributed by atoms with van der Waals surface area (Å²) < 4.78 is 9.17. The minimum atomic E-state index is -0.283. The Morgan fingerprint density at radius 1 is 0.980 bits per heavy atom. The lowest BCUT2D eigenvalue weighted by molar-refractivity contribution is -0.104. The molecule has 1 aromatic heterocycles. The maximum atomic E-state index is 13.9. The Bertz CT molecular complexity index is 1780. The standard InChI is InChI=1S/C29H31N5O2.C8H13NO.C4H10/c1-6-31-28-27(21(3)30)33(29(35)34(28)24-14-10-13-23(18-24)32(4)5)25-15-16-26(20(2)17-25)36-19-22-11-8-7-9-12-22;1-9(8-4-5-8)6-2-3-7-10;1-3-4-2/h6-18,30-31H,1,19H2,2-5H3;2-3,7-8H,4-6H2,1H3;3-4H2,1-2H3/b;3-2+;. The van der Waals surface area contributed by atoms with E-state index in [4.69, 9.17) is 10.1 Å². The van der Waals surface area contributed by atoms with E-state index >= 15 is 0 Å². The predicted molar refractivity (Wildman–Crippen MR) is 209 cm³/mol. The zero-order valence-corrected chi connectivity index (χ0v) is 30.8. The molecular formula is C41H54N6O3. The van der Waals surface area contributed by atoms with E-state index < -0.39 is 0 Å². The molecule has 0 amide bonds. The van der Waals surface area contributed by atoms with Crippen molar-refractivity contribution in [3.8, 4) is 17.1 Å². The number of imidazole rings is 1. The molecule has 5 rings (SSSR count). The van der Waals surface area contributed by atoms with Crippen molar-refractivity contribution in [2.45, 2.75) is 66.0 Å². The maximum absolute atomic E-state index is 13.9. The average molecular weight is 679 g/mol. The second kappa shape index (κ2) is 19.7. The van der Waals surface area contributed by atoms with Crippen LogP contribution in [0.4, 0.5) is 11.5 Å². The third kappa shape index (κ3) is 10.9. The number of aromatic nitrogens is 2. The van der Waals surface area contributed by atoms with Crippen LogP contribution in [0.25, 0.3) is 11.4 Å². The summed E-state index contributed by atoms with van der Waals surface area (Å²) in [6.07, 6.45) is 11.1. The number of unbranched alkanes of at least 4 members (excludes halogenated alkanes) is 1. The first-order chi connectivity index (χ1) is 24.1. The van der Waals surface area contributed by atoms with Gasteiger partial charge in [-0.2, -0.15) is 0 Å². The van der Waals surface area contributed by atoms with E-state index in [0.29, 0.717) is 29.5 Å². The number of allylic oxidation sites excluding steroid dienone is 1. The number of hydrogen-bond donors (Lipinski definition) is 2. The number of hydrogen-bond acceptors (Lipinski definition) is 7. The van der Waals surface area contributed by atoms with Crippen molar-refractivity contribution in [1.29, 1.82) is 5.41 Å². The third-order valence-corrected chi connectivity index (χ3v) is 8.18. The highest BCUT2D eigenvalue weighted by molar-refractivity contribution is 6.00. The lowest BCUT2D eigenvalue weighted by atomic mass is 10.2. The van der Waals surface area contributed by atoms with Crippen molar-refractivity contribution < 1.29 is 9.53 Å². The molecule has 0 bridgehead atoms. The van der Waals surface area contributed by atoms with Crippen LogP contribution in [0.15, 0.2) is 103 Å². The van der Waals surface area contributed by atoms with Crippen molar-refractivity contribution in [3.63, 3.8) is 0 Å². The Hall–Kier alpha value is -5.15. The first kappa shape index (κ1) is 39.3.